The molecule has 1 saturated heterocycles. The number of aromatic nitrogens is 1. The molecule has 0 spiro atoms. The van der Waals surface area contributed by atoms with Crippen LogP contribution in [0.4, 0.5) is 5.69 Å². The molecule has 1 aliphatic rings. The minimum absolute atomic E-state index is 0.0743. The number of aryl methyl sites for hydroxylation is 2. The second-order valence-corrected chi connectivity index (χ2v) is 8.42. The molecule has 1 fully saturated rings. The summed E-state index contributed by atoms with van der Waals surface area (Å²) >= 11 is 9.34. The summed E-state index contributed by atoms with van der Waals surface area (Å²) in [5, 5.41) is 5.38. The predicted molar refractivity (Wildman–Crippen MR) is 110 cm³/mol. The van der Waals surface area contributed by atoms with Crippen molar-refractivity contribution in [3.05, 3.63) is 45.8 Å². The van der Waals surface area contributed by atoms with E-state index in [1.54, 1.807) is 28.4 Å². The monoisotopic (exact) mass is 409 g/mol. The molecule has 0 aliphatic carbocycles. The van der Waals surface area contributed by atoms with Crippen molar-refractivity contribution in [3.63, 3.8) is 0 Å². The lowest BCUT2D eigenvalue weighted by Gasteiger charge is -2.16. The maximum atomic E-state index is 12.6. The third-order valence-electron chi connectivity index (χ3n) is 4.19. The first-order valence-electron chi connectivity index (χ1n) is 8.24. The Morgan fingerprint density at radius 3 is 2.96 bits per heavy atom. The zero-order valence-electron chi connectivity index (χ0n) is 14.9. The molecule has 0 radical (unpaired) electrons. The summed E-state index contributed by atoms with van der Waals surface area (Å²) < 4.78 is 5.16. The number of amidine groups is 1. The van der Waals surface area contributed by atoms with Crippen LogP contribution >= 0.6 is 35.1 Å². The molecule has 138 valence electrons. The van der Waals surface area contributed by atoms with Gasteiger partial charge in [-0.2, -0.15) is 0 Å². The smallest absolute Gasteiger partial charge is 0.238 e. The van der Waals surface area contributed by atoms with Crippen molar-refractivity contribution in [3.8, 4) is 0 Å². The molecule has 8 heteroatoms. The van der Waals surface area contributed by atoms with Gasteiger partial charge in [0.25, 0.3) is 0 Å². The van der Waals surface area contributed by atoms with Gasteiger partial charge in [0.05, 0.1) is 17.1 Å². The SMILES string of the molecule is Cc1noc(C)c1CSCC(=O)N1CCSC1=Nc1cccc(Cl)c1C. The van der Waals surface area contributed by atoms with Crippen molar-refractivity contribution >= 4 is 51.9 Å². The number of hydrogen-bond donors (Lipinski definition) is 0. The Balaban J connectivity index is 1.65. The first kappa shape index (κ1) is 19.3. The molecular formula is C18H20ClN3O2S2. The van der Waals surface area contributed by atoms with Crippen LogP contribution in [0.1, 0.15) is 22.6 Å². The van der Waals surface area contributed by atoms with Gasteiger partial charge in [0.1, 0.15) is 5.76 Å². The van der Waals surface area contributed by atoms with E-state index < -0.39 is 0 Å². The lowest BCUT2D eigenvalue weighted by Crippen LogP contribution is -2.33. The highest BCUT2D eigenvalue weighted by Crippen LogP contribution is 2.29. The van der Waals surface area contributed by atoms with Gasteiger partial charge in [-0.3, -0.25) is 9.69 Å². The molecule has 0 saturated carbocycles. The third-order valence-corrected chi connectivity index (χ3v) is 6.50. The molecule has 5 nitrogen and oxygen atoms in total. The Labute approximate surface area is 166 Å². The largest absolute Gasteiger partial charge is 0.361 e. The second-order valence-electron chi connectivity index (χ2n) is 5.97. The Morgan fingerprint density at radius 1 is 1.42 bits per heavy atom. The minimum atomic E-state index is 0.0743. The van der Waals surface area contributed by atoms with Gasteiger partial charge in [0.2, 0.25) is 5.91 Å². The van der Waals surface area contributed by atoms with Crippen LogP contribution in [0.3, 0.4) is 0 Å². The molecule has 0 unspecified atom stereocenters. The van der Waals surface area contributed by atoms with Crippen LogP contribution < -0.4 is 0 Å². The van der Waals surface area contributed by atoms with Crippen molar-refractivity contribution in [2.45, 2.75) is 26.5 Å². The van der Waals surface area contributed by atoms with E-state index in [4.69, 9.17) is 16.1 Å². The van der Waals surface area contributed by atoms with Crippen LogP contribution in [-0.4, -0.2) is 39.2 Å². The molecule has 3 rings (SSSR count). The summed E-state index contributed by atoms with van der Waals surface area (Å²) in [6.07, 6.45) is 0. The van der Waals surface area contributed by atoms with Gasteiger partial charge >= 0.3 is 0 Å². The highest BCUT2D eigenvalue weighted by atomic mass is 35.5. The van der Waals surface area contributed by atoms with E-state index in [0.29, 0.717) is 23.1 Å². The molecular weight excluding hydrogens is 390 g/mol. The standard InChI is InChI=1S/C18H20ClN3O2S2/c1-11-15(19)5-4-6-16(11)20-18-22(7-8-26-18)17(23)10-25-9-14-12(2)21-24-13(14)3/h4-6H,7-10H2,1-3H3. The molecule has 1 aromatic heterocycles. The van der Waals surface area contributed by atoms with E-state index in [-0.39, 0.29) is 5.91 Å². The molecule has 2 heterocycles. The van der Waals surface area contributed by atoms with Crippen LogP contribution in [0, 0.1) is 20.8 Å². The molecule has 1 aromatic carbocycles. The van der Waals surface area contributed by atoms with E-state index >= 15 is 0 Å². The van der Waals surface area contributed by atoms with Gasteiger partial charge in [0.15, 0.2) is 5.17 Å². The van der Waals surface area contributed by atoms with Crippen molar-refractivity contribution in [2.75, 3.05) is 18.1 Å². The van der Waals surface area contributed by atoms with E-state index in [0.717, 1.165) is 39.2 Å². The summed E-state index contributed by atoms with van der Waals surface area (Å²) in [5.74, 6) is 2.87. The number of nitrogens with zero attached hydrogens (tertiary/aromatic N) is 3. The molecule has 0 atom stereocenters. The van der Waals surface area contributed by atoms with Gasteiger partial charge in [-0.05, 0) is 38.5 Å². The summed E-state index contributed by atoms with van der Waals surface area (Å²) in [7, 11) is 0. The van der Waals surface area contributed by atoms with Gasteiger partial charge < -0.3 is 4.52 Å². The van der Waals surface area contributed by atoms with Crippen molar-refractivity contribution in [1.29, 1.82) is 0 Å². The fourth-order valence-electron chi connectivity index (χ4n) is 2.57. The average Bonchev–Trinajstić information content (AvgIpc) is 3.20. The number of hydrogen-bond acceptors (Lipinski definition) is 6. The average molecular weight is 410 g/mol. The fraction of sp³-hybridized carbons (Fsp3) is 0.389. The maximum Gasteiger partial charge on any atom is 0.238 e. The van der Waals surface area contributed by atoms with Gasteiger partial charge in [-0.15, -0.1) is 11.8 Å². The van der Waals surface area contributed by atoms with Gasteiger partial charge in [0, 0.05) is 28.6 Å². The number of carbonyl (C=O) groups is 1. The maximum absolute atomic E-state index is 12.6. The van der Waals surface area contributed by atoms with E-state index in [9.17, 15) is 4.79 Å². The van der Waals surface area contributed by atoms with Crippen LogP contribution in [-0.2, 0) is 10.5 Å². The number of benzene rings is 1. The first-order chi connectivity index (χ1) is 12.5. The lowest BCUT2D eigenvalue weighted by atomic mass is 10.2. The normalized spacial score (nSPS) is 15.8. The molecule has 0 bridgehead atoms. The highest BCUT2D eigenvalue weighted by molar-refractivity contribution is 8.14. The summed E-state index contributed by atoms with van der Waals surface area (Å²) in [5.41, 5.74) is 3.69. The summed E-state index contributed by atoms with van der Waals surface area (Å²) in [6, 6.07) is 5.64. The van der Waals surface area contributed by atoms with Crippen molar-refractivity contribution in [1.82, 2.24) is 10.1 Å². The van der Waals surface area contributed by atoms with Gasteiger partial charge in [-0.1, -0.05) is 34.6 Å². The van der Waals surface area contributed by atoms with E-state index in [2.05, 4.69) is 10.1 Å². The van der Waals surface area contributed by atoms with Crippen molar-refractivity contribution in [2.24, 2.45) is 4.99 Å². The zero-order chi connectivity index (χ0) is 18.7. The Bertz CT molecular complexity index is 831. The number of aliphatic imine (C=N–C) groups is 1. The quantitative estimate of drug-likeness (QED) is 0.713. The van der Waals surface area contributed by atoms with Crippen LogP contribution in [0.5, 0.6) is 0 Å². The highest BCUT2D eigenvalue weighted by Gasteiger charge is 2.26. The number of halogens is 1. The summed E-state index contributed by atoms with van der Waals surface area (Å²) in [6.45, 7) is 6.44. The van der Waals surface area contributed by atoms with Crippen LogP contribution in [0.2, 0.25) is 5.02 Å². The topological polar surface area (TPSA) is 58.7 Å². The van der Waals surface area contributed by atoms with Crippen LogP contribution in [0.25, 0.3) is 0 Å². The van der Waals surface area contributed by atoms with Crippen LogP contribution in [0.15, 0.2) is 27.7 Å². The van der Waals surface area contributed by atoms with Gasteiger partial charge in [-0.25, -0.2) is 4.99 Å². The number of thioether (sulfide) groups is 2. The third kappa shape index (κ3) is 4.27. The number of amides is 1. The van der Waals surface area contributed by atoms with E-state index in [1.807, 2.05) is 39.0 Å². The number of carbonyl (C=O) groups excluding carboxylic acids is 1. The molecule has 1 aliphatic heterocycles. The zero-order valence-corrected chi connectivity index (χ0v) is 17.3. The lowest BCUT2D eigenvalue weighted by molar-refractivity contribution is -0.124. The van der Waals surface area contributed by atoms with Crippen molar-refractivity contribution < 1.29 is 9.32 Å². The Hall–Kier alpha value is -1.44. The molecule has 0 N–H and O–H groups in total. The Kier molecular flexibility index (Phi) is 6.32. The Morgan fingerprint density at radius 2 is 2.23 bits per heavy atom. The summed E-state index contributed by atoms with van der Waals surface area (Å²) in [4.78, 5) is 19.1. The second kappa shape index (κ2) is 8.50. The molecule has 1 amide bonds. The number of rotatable bonds is 5. The predicted octanol–water partition coefficient (Wildman–Crippen LogP) is 4.75. The minimum Gasteiger partial charge on any atom is -0.361 e. The molecule has 26 heavy (non-hydrogen) atoms. The van der Waals surface area contributed by atoms with E-state index in [1.165, 1.54) is 0 Å². The first-order valence-corrected chi connectivity index (χ1v) is 10.8. The molecule has 2 aromatic rings. The fourth-order valence-corrected chi connectivity index (χ4v) is 4.76.